The number of fused-ring (bicyclic) bond motifs is 1. The summed E-state index contributed by atoms with van der Waals surface area (Å²) in [7, 11) is 0. The number of nitrogens with two attached hydrogens (primary N) is 1. The zero-order chi connectivity index (χ0) is 15.7. The maximum atomic E-state index is 12.3. The van der Waals surface area contributed by atoms with Gasteiger partial charge in [0.1, 0.15) is 18.2 Å². The molecule has 0 saturated heterocycles. The molecule has 1 aliphatic rings. The van der Waals surface area contributed by atoms with Crippen LogP contribution >= 0.6 is 0 Å². The Kier molecular flexibility index (Phi) is 3.51. The molecule has 5 heteroatoms. The highest BCUT2D eigenvalue weighted by molar-refractivity contribution is 5.75. The molecule has 2 N–H and O–H groups in total. The molecule has 0 atom stereocenters. The summed E-state index contributed by atoms with van der Waals surface area (Å²) in [4.78, 5) is 23.6. The van der Waals surface area contributed by atoms with Crippen LogP contribution in [-0.2, 0) is 24.2 Å². The Morgan fingerprint density at radius 1 is 1.23 bits per heavy atom. The van der Waals surface area contributed by atoms with Crippen molar-refractivity contribution < 1.29 is 4.79 Å². The molecule has 22 heavy (non-hydrogen) atoms. The van der Waals surface area contributed by atoms with Gasteiger partial charge in [0.15, 0.2) is 0 Å². The van der Waals surface area contributed by atoms with Crippen LogP contribution in [0.3, 0.4) is 0 Å². The van der Waals surface area contributed by atoms with Gasteiger partial charge in [-0.3, -0.25) is 14.2 Å². The first-order valence-corrected chi connectivity index (χ1v) is 7.14. The average Bonchev–Trinajstić information content (AvgIpc) is 2.96. The van der Waals surface area contributed by atoms with Crippen molar-refractivity contribution in [1.82, 2.24) is 4.57 Å². The molecule has 0 saturated carbocycles. The minimum atomic E-state index is -0.611. The minimum Gasteiger partial charge on any atom is -0.368 e. The molecule has 0 bridgehead atoms. The number of hydrogen-bond donors (Lipinski definition) is 1. The van der Waals surface area contributed by atoms with Crippen LogP contribution in [0, 0.1) is 11.3 Å². The van der Waals surface area contributed by atoms with Gasteiger partial charge in [0, 0.05) is 0 Å². The summed E-state index contributed by atoms with van der Waals surface area (Å²) in [6, 6.07) is 11.1. The van der Waals surface area contributed by atoms with Gasteiger partial charge in [-0.1, -0.05) is 12.1 Å². The van der Waals surface area contributed by atoms with Gasteiger partial charge in [0.05, 0.1) is 5.69 Å². The summed E-state index contributed by atoms with van der Waals surface area (Å²) in [5.41, 5.74) is 8.84. The van der Waals surface area contributed by atoms with Crippen LogP contribution in [-0.4, -0.2) is 10.5 Å². The number of hydrogen-bond acceptors (Lipinski definition) is 3. The number of primary amides is 1. The number of aromatic nitrogens is 1. The fraction of sp³-hybridized carbons (Fsp3) is 0.235. The summed E-state index contributed by atoms with van der Waals surface area (Å²) >= 11 is 0. The van der Waals surface area contributed by atoms with Gasteiger partial charge >= 0.3 is 0 Å². The number of carbonyl (C=O) groups excluding carboxylic acids is 1. The molecule has 5 nitrogen and oxygen atoms in total. The first kappa shape index (κ1) is 14.1. The second-order valence-electron chi connectivity index (χ2n) is 5.44. The molecule has 1 aliphatic carbocycles. The van der Waals surface area contributed by atoms with Crippen LogP contribution in [0.15, 0.2) is 35.1 Å². The summed E-state index contributed by atoms with van der Waals surface area (Å²) in [5, 5.41) is 8.99. The van der Waals surface area contributed by atoms with Gasteiger partial charge in [-0.15, -0.1) is 0 Å². The van der Waals surface area contributed by atoms with Crippen molar-refractivity contribution in [3.8, 4) is 17.3 Å². The number of benzene rings is 1. The van der Waals surface area contributed by atoms with E-state index in [1.807, 2.05) is 12.1 Å². The van der Waals surface area contributed by atoms with Crippen molar-refractivity contribution in [1.29, 1.82) is 5.26 Å². The van der Waals surface area contributed by atoms with Crippen LogP contribution in [0.5, 0.6) is 0 Å². The summed E-state index contributed by atoms with van der Waals surface area (Å²) < 4.78 is 1.28. The second kappa shape index (κ2) is 5.49. The molecule has 0 spiro atoms. The lowest BCUT2D eigenvalue weighted by atomic mass is 10.0. The Morgan fingerprint density at radius 3 is 2.73 bits per heavy atom. The fourth-order valence-electron chi connectivity index (χ4n) is 2.96. The lowest BCUT2D eigenvalue weighted by molar-refractivity contribution is -0.118. The standard InChI is InChI=1S/C17H15N3O2/c18-9-14-6-7-15(20(17(14)22)10-16(19)21)13-5-4-11-2-1-3-12(11)8-13/h4-8H,1-3,10H2,(H2,19,21). The third-order valence-electron chi connectivity index (χ3n) is 4.00. The van der Waals surface area contributed by atoms with E-state index in [2.05, 4.69) is 12.1 Å². The number of rotatable bonds is 3. The SMILES string of the molecule is N#Cc1ccc(-c2ccc3c(c2)CCC3)n(CC(N)=O)c1=O. The third kappa shape index (κ3) is 2.40. The Bertz CT molecular complexity index is 859. The zero-order valence-corrected chi connectivity index (χ0v) is 12.0. The maximum Gasteiger partial charge on any atom is 0.269 e. The Morgan fingerprint density at radius 2 is 2.00 bits per heavy atom. The van der Waals surface area contributed by atoms with Crippen molar-refractivity contribution in [2.45, 2.75) is 25.8 Å². The topological polar surface area (TPSA) is 88.9 Å². The van der Waals surface area contributed by atoms with Crippen LogP contribution in [0.25, 0.3) is 11.3 Å². The molecule has 1 heterocycles. The van der Waals surface area contributed by atoms with E-state index in [0.717, 1.165) is 24.8 Å². The van der Waals surface area contributed by atoms with Gasteiger partial charge in [0.2, 0.25) is 5.91 Å². The predicted molar refractivity (Wildman–Crippen MR) is 82.1 cm³/mol. The first-order valence-electron chi connectivity index (χ1n) is 7.14. The molecule has 2 aromatic rings. The van der Waals surface area contributed by atoms with Gasteiger partial charge in [-0.05, 0) is 54.2 Å². The lowest BCUT2D eigenvalue weighted by Crippen LogP contribution is -2.30. The van der Waals surface area contributed by atoms with E-state index >= 15 is 0 Å². The van der Waals surface area contributed by atoms with Gasteiger partial charge < -0.3 is 5.73 Å². The normalized spacial score (nSPS) is 12.7. The Balaban J connectivity index is 2.18. The number of nitriles is 1. The monoisotopic (exact) mass is 293 g/mol. The van der Waals surface area contributed by atoms with Crippen LogP contribution in [0.4, 0.5) is 0 Å². The molecule has 0 aliphatic heterocycles. The summed E-state index contributed by atoms with van der Waals surface area (Å²) in [6.07, 6.45) is 3.25. The quantitative estimate of drug-likeness (QED) is 0.926. The van der Waals surface area contributed by atoms with Gasteiger partial charge in [-0.2, -0.15) is 5.26 Å². The second-order valence-corrected chi connectivity index (χ2v) is 5.44. The smallest absolute Gasteiger partial charge is 0.269 e. The van der Waals surface area contributed by atoms with Crippen LogP contribution in [0.2, 0.25) is 0 Å². The number of amides is 1. The van der Waals surface area contributed by atoms with E-state index in [0.29, 0.717) is 5.69 Å². The van der Waals surface area contributed by atoms with Gasteiger partial charge in [0.25, 0.3) is 5.56 Å². The highest BCUT2D eigenvalue weighted by Crippen LogP contribution is 2.27. The largest absolute Gasteiger partial charge is 0.368 e. The average molecular weight is 293 g/mol. The highest BCUT2D eigenvalue weighted by atomic mass is 16.2. The van der Waals surface area contributed by atoms with E-state index in [-0.39, 0.29) is 12.1 Å². The molecular formula is C17H15N3O2. The zero-order valence-electron chi connectivity index (χ0n) is 12.0. The molecular weight excluding hydrogens is 278 g/mol. The molecule has 1 aromatic heterocycles. The number of pyridine rings is 1. The summed E-state index contributed by atoms with van der Waals surface area (Å²) in [5.74, 6) is -0.611. The molecule has 0 fully saturated rings. The van der Waals surface area contributed by atoms with Crippen LogP contribution in [0.1, 0.15) is 23.1 Å². The van der Waals surface area contributed by atoms with E-state index in [1.54, 1.807) is 6.07 Å². The molecule has 110 valence electrons. The molecule has 0 radical (unpaired) electrons. The predicted octanol–water partition coefficient (Wildman–Crippen LogP) is 1.36. The molecule has 1 aromatic carbocycles. The van der Waals surface area contributed by atoms with E-state index in [1.165, 1.54) is 21.8 Å². The number of carbonyl (C=O) groups is 1. The van der Waals surface area contributed by atoms with E-state index < -0.39 is 11.5 Å². The maximum absolute atomic E-state index is 12.3. The molecule has 1 amide bonds. The van der Waals surface area contributed by atoms with Crippen molar-refractivity contribution in [3.63, 3.8) is 0 Å². The van der Waals surface area contributed by atoms with Crippen molar-refractivity contribution in [2.75, 3.05) is 0 Å². The van der Waals surface area contributed by atoms with E-state index in [4.69, 9.17) is 11.0 Å². The third-order valence-corrected chi connectivity index (χ3v) is 4.00. The first-order chi connectivity index (χ1) is 10.6. The van der Waals surface area contributed by atoms with Gasteiger partial charge in [-0.25, -0.2) is 0 Å². The van der Waals surface area contributed by atoms with E-state index in [9.17, 15) is 9.59 Å². The fourth-order valence-corrected chi connectivity index (χ4v) is 2.96. The minimum absolute atomic E-state index is 0.00570. The van der Waals surface area contributed by atoms with Crippen molar-refractivity contribution >= 4 is 5.91 Å². The van der Waals surface area contributed by atoms with Crippen molar-refractivity contribution in [3.05, 3.63) is 57.4 Å². The molecule has 0 unspecified atom stereocenters. The van der Waals surface area contributed by atoms with Crippen LogP contribution < -0.4 is 11.3 Å². The number of aryl methyl sites for hydroxylation is 2. The number of nitrogens with zero attached hydrogens (tertiary/aromatic N) is 2. The molecule has 3 rings (SSSR count). The Labute approximate surface area is 127 Å². The summed E-state index contributed by atoms with van der Waals surface area (Å²) in [6.45, 7) is -0.235. The lowest BCUT2D eigenvalue weighted by Gasteiger charge is -2.13. The van der Waals surface area contributed by atoms with Crippen molar-refractivity contribution in [2.24, 2.45) is 5.73 Å². The highest BCUT2D eigenvalue weighted by Gasteiger charge is 2.15. The Hall–Kier alpha value is -2.87.